The number of anilines is 1. The number of hydrogen-bond donors (Lipinski definition) is 0. The Balaban J connectivity index is 1.81. The molecule has 22 heavy (non-hydrogen) atoms. The molecule has 0 aliphatic carbocycles. The molecule has 1 aromatic rings. The quantitative estimate of drug-likeness (QED) is 0.849. The van der Waals surface area contributed by atoms with Gasteiger partial charge in [-0.2, -0.15) is 5.26 Å². The number of nitrogens with zero attached hydrogens (tertiary/aromatic N) is 3. The predicted molar refractivity (Wildman–Crippen MR) is 81.5 cm³/mol. The average molecular weight is 323 g/mol. The van der Waals surface area contributed by atoms with Crippen LogP contribution in [0.25, 0.3) is 0 Å². The normalized spacial score (nSPS) is 22.9. The number of nitriles is 1. The van der Waals surface area contributed by atoms with Crippen LogP contribution in [0.15, 0.2) is 18.2 Å². The van der Waals surface area contributed by atoms with Crippen LogP contribution in [-0.4, -0.2) is 44.2 Å². The standard InChI is InChI=1S/C15H18FN3O2S/c16-14-4-3-5-15(13(14)10-17)18-9-6-12(11-18)22(20,21)19-7-1-2-8-19/h3-5,12H,1-2,6-9,11H2/t12-/m1/s1. The lowest BCUT2D eigenvalue weighted by atomic mass is 10.1. The number of hydrogen-bond acceptors (Lipinski definition) is 4. The van der Waals surface area contributed by atoms with Crippen molar-refractivity contribution in [3.8, 4) is 6.07 Å². The maximum Gasteiger partial charge on any atom is 0.218 e. The molecule has 7 heteroatoms. The fourth-order valence-electron chi connectivity index (χ4n) is 3.23. The monoisotopic (exact) mass is 323 g/mol. The fraction of sp³-hybridized carbons (Fsp3) is 0.533. The molecule has 0 aromatic heterocycles. The van der Waals surface area contributed by atoms with Crippen LogP contribution in [0.4, 0.5) is 10.1 Å². The third-order valence-corrected chi connectivity index (χ3v) is 6.75. The molecular weight excluding hydrogens is 305 g/mol. The maximum absolute atomic E-state index is 13.7. The van der Waals surface area contributed by atoms with Crippen LogP contribution in [-0.2, 0) is 10.0 Å². The van der Waals surface area contributed by atoms with E-state index in [1.54, 1.807) is 21.3 Å². The molecule has 2 saturated heterocycles. The van der Waals surface area contributed by atoms with E-state index in [-0.39, 0.29) is 5.56 Å². The molecule has 1 aromatic carbocycles. The van der Waals surface area contributed by atoms with Crippen molar-refractivity contribution >= 4 is 15.7 Å². The predicted octanol–water partition coefficient (Wildman–Crippen LogP) is 1.70. The molecule has 0 spiro atoms. The summed E-state index contributed by atoms with van der Waals surface area (Å²) < 4.78 is 40.5. The first-order chi connectivity index (χ1) is 10.5. The van der Waals surface area contributed by atoms with Crippen molar-refractivity contribution in [3.05, 3.63) is 29.6 Å². The third kappa shape index (κ3) is 2.57. The second kappa shape index (κ2) is 5.86. The minimum atomic E-state index is -3.29. The van der Waals surface area contributed by atoms with Gasteiger partial charge >= 0.3 is 0 Å². The molecule has 2 aliphatic heterocycles. The van der Waals surface area contributed by atoms with E-state index in [1.165, 1.54) is 6.07 Å². The molecule has 2 heterocycles. The first-order valence-electron chi connectivity index (χ1n) is 7.46. The largest absolute Gasteiger partial charge is 0.369 e. The fourth-order valence-corrected chi connectivity index (χ4v) is 5.19. The van der Waals surface area contributed by atoms with E-state index in [4.69, 9.17) is 5.26 Å². The number of rotatable bonds is 3. The van der Waals surface area contributed by atoms with Gasteiger partial charge in [0.15, 0.2) is 0 Å². The van der Waals surface area contributed by atoms with E-state index in [0.717, 1.165) is 12.8 Å². The van der Waals surface area contributed by atoms with Gasteiger partial charge in [0.2, 0.25) is 10.0 Å². The average Bonchev–Trinajstić information content (AvgIpc) is 3.19. The Morgan fingerprint density at radius 3 is 2.64 bits per heavy atom. The molecule has 0 bridgehead atoms. The molecule has 0 saturated carbocycles. The molecule has 3 rings (SSSR count). The van der Waals surface area contributed by atoms with Gasteiger partial charge in [0.25, 0.3) is 0 Å². The van der Waals surface area contributed by atoms with Crippen LogP contribution in [0, 0.1) is 17.1 Å². The van der Waals surface area contributed by atoms with Crippen LogP contribution < -0.4 is 4.90 Å². The molecule has 5 nitrogen and oxygen atoms in total. The minimum Gasteiger partial charge on any atom is -0.369 e. The smallest absolute Gasteiger partial charge is 0.218 e. The van der Waals surface area contributed by atoms with Crippen LogP contribution >= 0.6 is 0 Å². The van der Waals surface area contributed by atoms with Gasteiger partial charge in [-0.3, -0.25) is 0 Å². The molecule has 118 valence electrons. The number of sulfonamides is 1. The van der Waals surface area contributed by atoms with E-state index in [0.29, 0.717) is 38.3 Å². The summed E-state index contributed by atoms with van der Waals surface area (Å²) >= 11 is 0. The third-order valence-electron chi connectivity index (χ3n) is 4.44. The topological polar surface area (TPSA) is 64.4 Å². The summed E-state index contributed by atoms with van der Waals surface area (Å²) in [5.41, 5.74) is 0.475. The highest BCUT2D eigenvalue weighted by molar-refractivity contribution is 7.89. The first kappa shape index (κ1) is 15.3. The molecule has 1 atom stereocenters. The molecule has 0 N–H and O–H groups in total. The van der Waals surface area contributed by atoms with E-state index in [9.17, 15) is 12.8 Å². The maximum atomic E-state index is 13.7. The van der Waals surface area contributed by atoms with Crippen molar-refractivity contribution in [2.75, 3.05) is 31.1 Å². The van der Waals surface area contributed by atoms with E-state index in [2.05, 4.69) is 0 Å². The number of benzene rings is 1. The SMILES string of the molecule is N#Cc1c(F)cccc1N1CC[C@@H](S(=O)(=O)N2CCCC2)C1. The van der Waals surface area contributed by atoms with Crippen molar-refractivity contribution in [1.29, 1.82) is 5.26 Å². The molecule has 0 unspecified atom stereocenters. The lowest BCUT2D eigenvalue weighted by molar-refractivity contribution is 0.467. The Bertz CT molecular complexity index is 708. The lowest BCUT2D eigenvalue weighted by Crippen LogP contribution is -2.38. The van der Waals surface area contributed by atoms with Gasteiger partial charge < -0.3 is 4.90 Å². The summed E-state index contributed by atoms with van der Waals surface area (Å²) in [6.45, 7) is 2.04. The summed E-state index contributed by atoms with van der Waals surface area (Å²) in [7, 11) is -3.29. The van der Waals surface area contributed by atoms with Crippen LogP contribution in [0.5, 0.6) is 0 Å². The van der Waals surface area contributed by atoms with Crippen LogP contribution in [0.3, 0.4) is 0 Å². The Kier molecular flexibility index (Phi) is 4.06. The number of halogens is 1. The second-order valence-corrected chi connectivity index (χ2v) is 7.97. The van der Waals surface area contributed by atoms with Crippen LogP contribution in [0.2, 0.25) is 0 Å². The van der Waals surface area contributed by atoms with E-state index < -0.39 is 21.1 Å². The summed E-state index contributed by atoms with van der Waals surface area (Å²) in [6, 6.07) is 6.34. The summed E-state index contributed by atoms with van der Waals surface area (Å²) in [5, 5.41) is 8.64. The van der Waals surface area contributed by atoms with E-state index >= 15 is 0 Å². The second-order valence-electron chi connectivity index (χ2n) is 5.75. The molecular formula is C15H18FN3O2S. The highest BCUT2D eigenvalue weighted by Gasteiger charge is 2.38. The zero-order valence-electron chi connectivity index (χ0n) is 12.2. The Morgan fingerprint density at radius 2 is 1.95 bits per heavy atom. The molecule has 0 radical (unpaired) electrons. The van der Waals surface area contributed by atoms with Gasteiger partial charge in [-0.25, -0.2) is 17.1 Å². The Hall–Kier alpha value is -1.65. The first-order valence-corrected chi connectivity index (χ1v) is 8.97. The van der Waals surface area contributed by atoms with Gasteiger partial charge in [0.05, 0.1) is 10.9 Å². The van der Waals surface area contributed by atoms with Crippen molar-refractivity contribution in [3.63, 3.8) is 0 Å². The summed E-state index contributed by atoms with van der Waals surface area (Å²) in [4.78, 5) is 1.81. The highest BCUT2D eigenvalue weighted by Crippen LogP contribution is 2.30. The minimum absolute atomic E-state index is 0.0123. The van der Waals surface area contributed by atoms with Crippen molar-refractivity contribution < 1.29 is 12.8 Å². The van der Waals surface area contributed by atoms with Crippen molar-refractivity contribution in [1.82, 2.24) is 4.31 Å². The van der Waals surface area contributed by atoms with Gasteiger partial charge in [-0.1, -0.05) is 6.07 Å². The van der Waals surface area contributed by atoms with Gasteiger partial charge in [-0.15, -0.1) is 0 Å². The van der Waals surface area contributed by atoms with E-state index in [1.807, 2.05) is 6.07 Å². The van der Waals surface area contributed by atoms with Crippen LogP contribution in [0.1, 0.15) is 24.8 Å². The summed E-state index contributed by atoms with van der Waals surface area (Å²) in [6.07, 6.45) is 2.34. The van der Waals surface area contributed by atoms with Gasteiger partial charge in [0, 0.05) is 26.2 Å². The zero-order chi connectivity index (χ0) is 15.7. The molecule has 0 amide bonds. The molecule has 2 fully saturated rings. The zero-order valence-corrected chi connectivity index (χ0v) is 13.0. The lowest BCUT2D eigenvalue weighted by Gasteiger charge is -2.22. The van der Waals surface area contributed by atoms with Crippen molar-refractivity contribution in [2.24, 2.45) is 0 Å². The highest BCUT2D eigenvalue weighted by atomic mass is 32.2. The van der Waals surface area contributed by atoms with Gasteiger partial charge in [0.1, 0.15) is 17.4 Å². The Labute approximate surface area is 130 Å². The summed E-state index contributed by atoms with van der Waals surface area (Å²) in [5.74, 6) is -0.564. The van der Waals surface area contributed by atoms with Gasteiger partial charge in [-0.05, 0) is 31.4 Å². The van der Waals surface area contributed by atoms with Crippen molar-refractivity contribution in [2.45, 2.75) is 24.5 Å². The molecule has 2 aliphatic rings. The Morgan fingerprint density at radius 1 is 1.23 bits per heavy atom.